The highest BCUT2D eigenvalue weighted by Crippen LogP contribution is 2.24. The van der Waals surface area contributed by atoms with Gasteiger partial charge in [0.1, 0.15) is 10.8 Å². The first-order valence-electron chi connectivity index (χ1n) is 5.57. The van der Waals surface area contributed by atoms with Crippen molar-refractivity contribution in [2.75, 3.05) is 0 Å². The Morgan fingerprint density at radius 3 is 2.71 bits per heavy atom. The number of aromatic nitrogens is 1. The van der Waals surface area contributed by atoms with Gasteiger partial charge in [-0.25, -0.2) is 4.98 Å². The number of ketones is 1. The number of carbonyl (C=O) groups is 1. The van der Waals surface area contributed by atoms with Crippen molar-refractivity contribution < 1.29 is 4.79 Å². The molecule has 0 amide bonds. The first kappa shape index (κ1) is 12.0. The summed E-state index contributed by atoms with van der Waals surface area (Å²) in [5, 5.41) is 2.91. The topological polar surface area (TPSA) is 30.0 Å². The van der Waals surface area contributed by atoms with Crippen LogP contribution in [0, 0.1) is 13.8 Å². The molecule has 0 atom stereocenters. The second kappa shape index (κ2) is 4.80. The molecule has 0 aliphatic heterocycles. The fourth-order valence-corrected chi connectivity index (χ4v) is 2.51. The van der Waals surface area contributed by atoms with Crippen LogP contribution >= 0.6 is 11.3 Å². The highest BCUT2D eigenvalue weighted by atomic mass is 32.1. The minimum Gasteiger partial charge on any atom is -0.300 e. The molecule has 0 aliphatic carbocycles. The van der Waals surface area contributed by atoms with Crippen LogP contribution in [0.1, 0.15) is 23.1 Å². The van der Waals surface area contributed by atoms with E-state index in [1.54, 1.807) is 18.3 Å². The van der Waals surface area contributed by atoms with Gasteiger partial charge in [-0.3, -0.25) is 4.79 Å². The van der Waals surface area contributed by atoms with Crippen LogP contribution < -0.4 is 0 Å². The minimum atomic E-state index is 0.158. The highest BCUT2D eigenvalue weighted by molar-refractivity contribution is 7.10. The van der Waals surface area contributed by atoms with Gasteiger partial charge in [0.05, 0.1) is 12.1 Å². The number of aryl methyl sites for hydroxylation is 2. The molecule has 2 rings (SSSR count). The third-order valence-corrected chi connectivity index (χ3v) is 3.60. The van der Waals surface area contributed by atoms with E-state index in [0.717, 1.165) is 16.3 Å². The molecule has 1 heterocycles. The van der Waals surface area contributed by atoms with Crippen molar-refractivity contribution in [3.05, 3.63) is 39.7 Å². The molecule has 2 nitrogen and oxygen atoms in total. The monoisotopic (exact) mass is 245 g/mol. The summed E-state index contributed by atoms with van der Waals surface area (Å²) in [5.74, 6) is 0.158. The van der Waals surface area contributed by atoms with Crippen LogP contribution in [0.25, 0.3) is 11.3 Å². The molecule has 1 aromatic carbocycles. The Balaban J connectivity index is 2.30. The summed E-state index contributed by atoms with van der Waals surface area (Å²) in [4.78, 5) is 15.5. The van der Waals surface area contributed by atoms with E-state index in [0.29, 0.717) is 6.42 Å². The van der Waals surface area contributed by atoms with Gasteiger partial charge in [-0.05, 0) is 38.0 Å². The molecule has 0 spiro atoms. The zero-order valence-electron chi connectivity index (χ0n) is 10.3. The second-order valence-electron chi connectivity index (χ2n) is 4.30. The van der Waals surface area contributed by atoms with Gasteiger partial charge in [0.25, 0.3) is 0 Å². The van der Waals surface area contributed by atoms with Crippen molar-refractivity contribution in [2.45, 2.75) is 27.2 Å². The van der Waals surface area contributed by atoms with Crippen LogP contribution in [-0.4, -0.2) is 10.8 Å². The summed E-state index contributed by atoms with van der Waals surface area (Å²) in [6.45, 7) is 5.79. The maximum atomic E-state index is 11.0. The normalized spacial score (nSPS) is 10.5. The number of rotatable bonds is 3. The highest BCUT2D eigenvalue weighted by Gasteiger charge is 2.07. The quantitative estimate of drug-likeness (QED) is 0.827. The number of nitrogens with zero attached hydrogens (tertiary/aromatic N) is 1. The lowest BCUT2D eigenvalue weighted by molar-refractivity contribution is -0.116. The van der Waals surface area contributed by atoms with E-state index in [1.165, 1.54) is 11.1 Å². The SMILES string of the molecule is CC(=O)Cc1nc(-c2ccc(C)c(C)c2)cs1. The molecule has 0 bridgehead atoms. The fourth-order valence-electron chi connectivity index (χ4n) is 1.64. The number of thiazole rings is 1. The summed E-state index contributed by atoms with van der Waals surface area (Å²) < 4.78 is 0. The van der Waals surface area contributed by atoms with Crippen LogP contribution in [0.3, 0.4) is 0 Å². The molecular weight excluding hydrogens is 230 g/mol. The Labute approximate surface area is 105 Å². The van der Waals surface area contributed by atoms with E-state index in [9.17, 15) is 4.79 Å². The molecule has 0 saturated carbocycles. The molecule has 1 aromatic heterocycles. The smallest absolute Gasteiger partial charge is 0.136 e. The zero-order valence-corrected chi connectivity index (χ0v) is 11.1. The van der Waals surface area contributed by atoms with E-state index in [-0.39, 0.29) is 5.78 Å². The van der Waals surface area contributed by atoms with Gasteiger partial charge in [-0.15, -0.1) is 11.3 Å². The fraction of sp³-hybridized carbons (Fsp3) is 0.286. The summed E-state index contributed by atoms with van der Waals surface area (Å²) >= 11 is 1.55. The van der Waals surface area contributed by atoms with Crippen molar-refractivity contribution in [2.24, 2.45) is 0 Å². The van der Waals surface area contributed by atoms with Gasteiger partial charge in [0.15, 0.2) is 0 Å². The van der Waals surface area contributed by atoms with Gasteiger partial charge in [0, 0.05) is 10.9 Å². The lowest BCUT2D eigenvalue weighted by Gasteiger charge is -2.02. The van der Waals surface area contributed by atoms with E-state index in [4.69, 9.17) is 0 Å². The molecule has 0 fully saturated rings. The Morgan fingerprint density at radius 2 is 2.06 bits per heavy atom. The summed E-state index contributed by atoms with van der Waals surface area (Å²) in [6.07, 6.45) is 0.440. The number of benzene rings is 1. The predicted molar refractivity (Wildman–Crippen MR) is 71.4 cm³/mol. The van der Waals surface area contributed by atoms with Crippen LogP contribution in [0.15, 0.2) is 23.6 Å². The average Bonchev–Trinajstić information content (AvgIpc) is 2.69. The van der Waals surface area contributed by atoms with Crippen LogP contribution in [0.5, 0.6) is 0 Å². The van der Waals surface area contributed by atoms with Crippen LogP contribution in [0.2, 0.25) is 0 Å². The Hall–Kier alpha value is -1.48. The molecule has 0 saturated heterocycles. The molecular formula is C14H15NOS. The van der Waals surface area contributed by atoms with Crippen LogP contribution in [-0.2, 0) is 11.2 Å². The van der Waals surface area contributed by atoms with Crippen molar-refractivity contribution in [3.8, 4) is 11.3 Å². The molecule has 0 unspecified atom stereocenters. The van der Waals surface area contributed by atoms with E-state index in [2.05, 4.69) is 37.0 Å². The van der Waals surface area contributed by atoms with Gasteiger partial charge in [-0.2, -0.15) is 0 Å². The maximum absolute atomic E-state index is 11.0. The molecule has 0 radical (unpaired) electrons. The predicted octanol–water partition coefficient (Wildman–Crippen LogP) is 3.56. The third-order valence-electron chi connectivity index (χ3n) is 2.75. The summed E-state index contributed by atoms with van der Waals surface area (Å²) in [6, 6.07) is 6.32. The molecule has 3 heteroatoms. The molecule has 0 aliphatic rings. The largest absolute Gasteiger partial charge is 0.300 e. The van der Waals surface area contributed by atoms with E-state index in [1.807, 2.05) is 5.38 Å². The third kappa shape index (κ3) is 2.80. The zero-order chi connectivity index (χ0) is 12.4. The van der Waals surface area contributed by atoms with Crippen molar-refractivity contribution in [3.63, 3.8) is 0 Å². The number of carbonyl (C=O) groups excluding carboxylic acids is 1. The Morgan fingerprint density at radius 1 is 1.29 bits per heavy atom. The number of hydrogen-bond acceptors (Lipinski definition) is 3. The lowest BCUT2D eigenvalue weighted by atomic mass is 10.1. The average molecular weight is 245 g/mol. The van der Waals surface area contributed by atoms with Crippen LogP contribution in [0.4, 0.5) is 0 Å². The number of Topliss-reactive ketones (excluding diaryl/α,β-unsaturated/α-hetero) is 1. The van der Waals surface area contributed by atoms with Gasteiger partial charge < -0.3 is 0 Å². The molecule has 0 N–H and O–H groups in total. The Bertz CT molecular complexity index is 557. The maximum Gasteiger partial charge on any atom is 0.136 e. The van der Waals surface area contributed by atoms with Gasteiger partial charge in [-0.1, -0.05) is 12.1 Å². The summed E-state index contributed by atoms with van der Waals surface area (Å²) in [7, 11) is 0. The molecule has 2 aromatic rings. The standard InChI is InChI=1S/C14H15NOS/c1-9-4-5-12(6-10(9)2)13-8-17-14(15-13)7-11(3)16/h4-6,8H,7H2,1-3H3. The van der Waals surface area contributed by atoms with Crippen molar-refractivity contribution in [1.82, 2.24) is 4.98 Å². The van der Waals surface area contributed by atoms with Gasteiger partial charge >= 0.3 is 0 Å². The minimum absolute atomic E-state index is 0.158. The van der Waals surface area contributed by atoms with Crippen molar-refractivity contribution >= 4 is 17.1 Å². The molecule has 88 valence electrons. The van der Waals surface area contributed by atoms with Gasteiger partial charge in [0.2, 0.25) is 0 Å². The lowest BCUT2D eigenvalue weighted by Crippen LogP contribution is -1.95. The van der Waals surface area contributed by atoms with E-state index < -0.39 is 0 Å². The first-order chi connectivity index (χ1) is 8.06. The van der Waals surface area contributed by atoms with Crippen molar-refractivity contribution in [1.29, 1.82) is 0 Å². The molecule has 17 heavy (non-hydrogen) atoms. The van der Waals surface area contributed by atoms with E-state index >= 15 is 0 Å². The first-order valence-corrected chi connectivity index (χ1v) is 6.45. The summed E-state index contributed by atoms with van der Waals surface area (Å²) in [5.41, 5.74) is 4.64. The number of hydrogen-bond donors (Lipinski definition) is 0. The second-order valence-corrected chi connectivity index (χ2v) is 5.25. The Kier molecular flexibility index (Phi) is 3.38.